The zero-order valence-electron chi connectivity index (χ0n) is 14.9. The third-order valence-corrected chi connectivity index (χ3v) is 6.83. The number of rotatable bonds is 16. The Bertz CT molecular complexity index is 195. The summed E-state index contributed by atoms with van der Waals surface area (Å²) >= 11 is 0. The second-order valence-corrected chi connectivity index (χ2v) is 8.29. The zero-order valence-corrected chi connectivity index (χ0v) is 15.9. The minimum absolute atomic E-state index is 0.684. The van der Waals surface area contributed by atoms with E-state index in [0.717, 1.165) is 6.16 Å². The summed E-state index contributed by atoms with van der Waals surface area (Å²) < 4.78 is 17.6. The molecule has 0 radical (unpaired) electrons. The maximum atomic E-state index is 5.88. The average molecular weight is 322 g/mol. The maximum absolute atomic E-state index is 5.88. The molecule has 0 saturated carbocycles. The van der Waals surface area contributed by atoms with Gasteiger partial charge in [-0.2, -0.15) is 0 Å². The van der Waals surface area contributed by atoms with Gasteiger partial charge in [0.25, 0.3) is 0 Å². The van der Waals surface area contributed by atoms with Gasteiger partial charge in [-0.05, 0) is 0 Å². The molecule has 0 N–H and O–H groups in total. The van der Waals surface area contributed by atoms with Crippen molar-refractivity contribution < 1.29 is 13.6 Å². The molecule has 0 atom stereocenters. The molecule has 0 aliphatic carbocycles. The Morgan fingerprint density at radius 1 is 0.524 bits per heavy atom. The van der Waals surface area contributed by atoms with Crippen LogP contribution in [0.3, 0.4) is 0 Å². The molecule has 0 spiro atoms. The molecule has 0 aromatic rings. The molecule has 0 saturated heterocycles. The van der Waals surface area contributed by atoms with Crippen LogP contribution in [0.25, 0.3) is 0 Å². The fraction of sp³-hybridized carbons (Fsp3) is 1.00. The standard InChI is InChI=1S/C17H39O3P/c1-5-9-10-11-12-13-14-15-16-17-21(18-6-2,19-7-3)20-8-4/h21H,5-17H2,1-4H3. The molecular formula is C17H39O3P. The molecule has 21 heavy (non-hydrogen) atoms. The molecule has 0 aliphatic rings. The van der Waals surface area contributed by atoms with Crippen molar-refractivity contribution in [3.63, 3.8) is 0 Å². The Morgan fingerprint density at radius 3 is 1.29 bits per heavy atom. The van der Waals surface area contributed by atoms with Gasteiger partial charge >= 0.3 is 133 Å². The zero-order chi connectivity index (χ0) is 15.8. The summed E-state index contributed by atoms with van der Waals surface area (Å²) in [4.78, 5) is 0. The van der Waals surface area contributed by atoms with Crippen LogP contribution >= 0.6 is 7.94 Å². The van der Waals surface area contributed by atoms with E-state index in [0.29, 0.717) is 19.8 Å². The summed E-state index contributed by atoms with van der Waals surface area (Å²) in [6.07, 6.45) is 13.1. The fourth-order valence-corrected chi connectivity index (χ4v) is 5.34. The van der Waals surface area contributed by atoms with Gasteiger partial charge in [0.05, 0.1) is 0 Å². The molecule has 0 amide bonds. The molecule has 0 bridgehead atoms. The third-order valence-electron chi connectivity index (χ3n) is 3.68. The van der Waals surface area contributed by atoms with Crippen molar-refractivity contribution in [3.05, 3.63) is 0 Å². The molecule has 0 unspecified atom stereocenters. The second kappa shape index (κ2) is 15.2. The van der Waals surface area contributed by atoms with Gasteiger partial charge in [0.2, 0.25) is 0 Å². The van der Waals surface area contributed by atoms with Gasteiger partial charge in [-0.15, -0.1) is 0 Å². The molecular weight excluding hydrogens is 283 g/mol. The van der Waals surface area contributed by atoms with E-state index in [1.807, 2.05) is 20.8 Å². The molecule has 0 aromatic heterocycles. The molecule has 130 valence electrons. The Kier molecular flexibility index (Phi) is 15.4. The molecule has 0 aliphatic heterocycles. The van der Waals surface area contributed by atoms with Crippen molar-refractivity contribution in [3.8, 4) is 0 Å². The first kappa shape index (κ1) is 21.3. The Morgan fingerprint density at radius 2 is 0.905 bits per heavy atom. The van der Waals surface area contributed by atoms with Crippen molar-refractivity contribution in [2.75, 3.05) is 26.0 Å². The summed E-state index contributed by atoms with van der Waals surface area (Å²) in [5, 5.41) is 0. The van der Waals surface area contributed by atoms with Crippen LogP contribution < -0.4 is 0 Å². The van der Waals surface area contributed by atoms with E-state index < -0.39 is 7.94 Å². The first-order valence-electron chi connectivity index (χ1n) is 9.16. The minimum atomic E-state index is -2.38. The van der Waals surface area contributed by atoms with Crippen LogP contribution in [0.15, 0.2) is 0 Å². The van der Waals surface area contributed by atoms with E-state index in [2.05, 4.69) is 6.92 Å². The van der Waals surface area contributed by atoms with E-state index >= 15 is 0 Å². The Labute approximate surface area is 133 Å². The van der Waals surface area contributed by atoms with Gasteiger partial charge in [-0.1, -0.05) is 0 Å². The molecule has 0 rings (SSSR count). The van der Waals surface area contributed by atoms with Crippen LogP contribution in [0.2, 0.25) is 0 Å². The van der Waals surface area contributed by atoms with Crippen LogP contribution in [0.5, 0.6) is 0 Å². The van der Waals surface area contributed by atoms with Crippen molar-refractivity contribution >= 4 is 7.94 Å². The van der Waals surface area contributed by atoms with Gasteiger partial charge < -0.3 is 0 Å². The first-order valence-corrected chi connectivity index (χ1v) is 11.1. The summed E-state index contributed by atoms with van der Waals surface area (Å²) in [6, 6.07) is 0. The molecule has 0 aromatic carbocycles. The fourth-order valence-electron chi connectivity index (χ4n) is 2.65. The number of unbranched alkanes of at least 4 members (excludes halogenated alkanes) is 8. The number of hydrogen-bond acceptors (Lipinski definition) is 3. The van der Waals surface area contributed by atoms with Crippen LogP contribution in [-0.4, -0.2) is 26.0 Å². The molecule has 3 nitrogen and oxygen atoms in total. The van der Waals surface area contributed by atoms with Gasteiger partial charge in [0.15, 0.2) is 0 Å². The molecule has 4 heteroatoms. The second-order valence-electron chi connectivity index (χ2n) is 5.56. The van der Waals surface area contributed by atoms with Gasteiger partial charge in [-0.3, -0.25) is 0 Å². The predicted molar refractivity (Wildman–Crippen MR) is 95.3 cm³/mol. The van der Waals surface area contributed by atoms with Gasteiger partial charge in [0.1, 0.15) is 0 Å². The van der Waals surface area contributed by atoms with Crippen LogP contribution in [-0.2, 0) is 13.6 Å². The Balaban J connectivity index is 3.76. The third kappa shape index (κ3) is 11.5. The van der Waals surface area contributed by atoms with Crippen LogP contribution in [0.1, 0.15) is 85.5 Å². The first-order chi connectivity index (χ1) is 10.2. The molecule has 0 fully saturated rings. The van der Waals surface area contributed by atoms with Gasteiger partial charge in [0, 0.05) is 0 Å². The van der Waals surface area contributed by atoms with E-state index in [4.69, 9.17) is 13.6 Å². The van der Waals surface area contributed by atoms with Crippen LogP contribution in [0.4, 0.5) is 0 Å². The summed E-state index contributed by atoms with van der Waals surface area (Å²) in [6.45, 7) is 10.4. The topological polar surface area (TPSA) is 27.7 Å². The van der Waals surface area contributed by atoms with Crippen molar-refractivity contribution in [1.82, 2.24) is 0 Å². The van der Waals surface area contributed by atoms with Crippen LogP contribution in [0, 0.1) is 0 Å². The normalized spacial score (nSPS) is 12.8. The molecule has 0 heterocycles. The average Bonchev–Trinajstić information content (AvgIpc) is 2.46. The van der Waals surface area contributed by atoms with Gasteiger partial charge in [-0.25, -0.2) is 0 Å². The number of hydrogen-bond donors (Lipinski definition) is 0. The van der Waals surface area contributed by atoms with Crippen molar-refractivity contribution in [2.45, 2.75) is 85.5 Å². The summed E-state index contributed by atoms with van der Waals surface area (Å²) in [5.74, 6) is 0. The van der Waals surface area contributed by atoms with E-state index in [-0.39, 0.29) is 0 Å². The SMILES string of the molecule is CCCCCCCCCCC[PH](OCC)(OCC)OCC. The summed E-state index contributed by atoms with van der Waals surface area (Å²) in [7, 11) is -2.38. The van der Waals surface area contributed by atoms with Crippen molar-refractivity contribution in [2.24, 2.45) is 0 Å². The predicted octanol–water partition coefficient (Wildman–Crippen LogP) is 6.12. The monoisotopic (exact) mass is 322 g/mol. The van der Waals surface area contributed by atoms with E-state index in [1.54, 1.807) is 0 Å². The Hall–Kier alpha value is 0.310. The van der Waals surface area contributed by atoms with Crippen molar-refractivity contribution in [1.29, 1.82) is 0 Å². The quantitative estimate of drug-likeness (QED) is 0.253. The van der Waals surface area contributed by atoms with E-state index in [1.165, 1.54) is 57.8 Å². The van der Waals surface area contributed by atoms with E-state index in [9.17, 15) is 0 Å². The summed E-state index contributed by atoms with van der Waals surface area (Å²) in [5.41, 5.74) is 0.